The molecule has 0 aliphatic carbocycles. The van der Waals surface area contributed by atoms with Crippen LogP contribution in [-0.2, 0) is 0 Å². The molecule has 2 atom stereocenters. The Balaban J connectivity index is 2.76. The molecule has 0 fully saturated rings. The van der Waals surface area contributed by atoms with Crippen molar-refractivity contribution in [2.24, 2.45) is 11.8 Å². The molecule has 1 aromatic carbocycles. The summed E-state index contributed by atoms with van der Waals surface area (Å²) in [6.45, 7) is 11.7. The van der Waals surface area contributed by atoms with E-state index in [1.54, 1.807) is 0 Å². The van der Waals surface area contributed by atoms with Gasteiger partial charge in [0.2, 0.25) is 0 Å². The van der Waals surface area contributed by atoms with Gasteiger partial charge in [-0.25, -0.2) is 0 Å². The monoisotopic (exact) mass is 316 g/mol. The van der Waals surface area contributed by atoms with Gasteiger partial charge in [0.15, 0.2) is 0 Å². The lowest BCUT2D eigenvalue weighted by atomic mass is 9.95. The number of hydrogen-bond donors (Lipinski definition) is 0. The van der Waals surface area contributed by atoms with Crippen molar-refractivity contribution in [2.75, 3.05) is 18.0 Å². The van der Waals surface area contributed by atoms with Gasteiger partial charge in [-0.3, -0.25) is 0 Å². The van der Waals surface area contributed by atoms with Crippen molar-refractivity contribution < 1.29 is 0 Å². The normalized spacial score (nSPS) is 13.7. The van der Waals surface area contributed by atoms with E-state index in [9.17, 15) is 0 Å². The maximum Gasteiger partial charge on any atom is 0.0366 e. The van der Waals surface area contributed by atoms with E-state index >= 15 is 0 Å². The highest BCUT2D eigenvalue weighted by Gasteiger charge is 2.17. The van der Waals surface area contributed by atoms with E-state index in [4.69, 9.17) is 0 Å². The number of rotatable bonds is 13. The number of benzene rings is 1. The van der Waals surface area contributed by atoms with Gasteiger partial charge in [0.05, 0.1) is 0 Å². The topological polar surface area (TPSA) is 3.24 Å². The third-order valence-corrected chi connectivity index (χ3v) is 5.11. The highest BCUT2D eigenvalue weighted by atomic mass is 15.1. The molecule has 1 rings (SSSR count). The molecule has 1 heteroatoms. The first kappa shape index (κ1) is 20.1. The van der Waals surface area contributed by atoms with E-state index in [2.05, 4.69) is 62.9 Å². The fourth-order valence-electron chi connectivity index (χ4n) is 3.33. The zero-order valence-electron chi connectivity index (χ0n) is 16.0. The summed E-state index contributed by atoms with van der Waals surface area (Å²) < 4.78 is 0. The number of unbranched alkanes of at least 4 members (excludes halogenated alkanes) is 2. The third kappa shape index (κ3) is 7.90. The molecule has 0 amide bonds. The van der Waals surface area contributed by atoms with Crippen LogP contribution in [0.4, 0.5) is 5.69 Å². The van der Waals surface area contributed by atoms with Gasteiger partial charge >= 0.3 is 0 Å². The molecule has 0 heterocycles. The van der Waals surface area contributed by atoms with Gasteiger partial charge in [0.25, 0.3) is 0 Å². The molecule has 1 aromatic rings. The van der Waals surface area contributed by atoms with Gasteiger partial charge in [-0.05, 0) is 42.9 Å². The summed E-state index contributed by atoms with van der Waals surface area (Å²) in [6.07, 6.45) is 10.7. The molecule has 1 radical (unpaired) electrons. The summed E-state index contributed by atoms with van der Waals surface area (Å²) in [5.41, 5.74) is 1.38. The van der Waals surface area contributed by atoms with Gasteiger partial charge in [-0.15, -0.1) is 0 Å². The SMILES string of the molecule is CCCCC(CC)CN(CC(CC)CCCC)c1cc[c]cc1. The quantitative estimate of drug-likeness (QED) is 0.390. The molecule has 0 aliphatic rings. The van der Waals surface area contributed by atoms with Gasteiger partial charge in [0.1, 0.15) is 0 Å². The summed E-state index contributed by atoms with van der Waals surface area (Å²) >= 11 is 0. The van der Waals surface area contributed by atoms with Crippen LogP contribution in [0.1, 0.15) is 79.1 Å². The molecule has 0 bridgehead atoms. The fraction of sp³-hybridized carbons (Fsp3) is 0.727. The molecular weight excluding hydrogens is 278 g/mol. The summed E-state index contributed by atoms with van der Waals surface area (Å²) in [5.74, 6) is 1.64. The van der Waals surface area contributed by atoms with E-state index in [0.717, 1.165) is 11.8 Å². The molecule has 0 N–H and O–H groups in total. The summed E-state index contributed by atoms with van der Waals surface area (Å²) in [7, 11) is 0. The van der Waals surface area contributed by atoms with E-state index in [1.807, 2.05) is 0 Å². The number of anilines is 1. The molecule has 2 unspecified atom stereocenters. The van der Waals surface area contributed by atoms with Crippen molar-refractivity contribution >= 4 is 5.69 Å². The number of nitrogens with zero attached hydrogens (tertiary/aromatic N) is 1. The predicted octanol–water partition coefficient (Wildman–Crippen LogP) is 6.73. The molecular formula is C22H38N. The largest absolute Gasteiger partial charge is 0.371 e. The first-order valence-electron chi connectivity index (χ1n) is 9.96. The highest BCUT2D eigenvalue weighted by Crippen LogP contribution is 2.23. The van der Waals surface area contributed by atoms with Crippen LogP contribution in [-0.4, -0.2) is 13.1 Å². The van der Waals surface area contributed by atoms with E-state index in [0.29, 0.717) is 0 Å². The average molecular weight is 317 g/mol. The Hall–Kier alpha value is -0.980. The van der Waals surface area contributed by atoms with Crippen LogP contribution in [0.3, 0.4) is 0 Å². The van der Waals surface area contributed by atoms with Gasteiger partial charge in [0, 0.05) is 18.8 Å². The molecule has 0 saturated carbocycles. The van der Waals surface area contributed by atoms with E-state index in [-0.39, 0.29) is 0 Å². The highest BCUT2D eigenvalue weighted by molar-refractivity contribution is 5.45. The Bertz CT molecular complexity index is 355. The lowest BCUT2D eigenvalue weighted by Gasteiger charge is -2.32. The average Bonchev–Trinajstić information content (AvgIpc) is 2.61. The Morgan fingerprint density at radius 1 is 0.826 bits per heavy atom. The minimum atomic E-state index is 0.822. The Labute approximate surface area is 145 Å². The lowest BCUT2D eigenvalue weighted by molar-refractivity contribution is 0.403. The lowest BCUT2D eigenvalue weighted by Crippen LogP contribution is -2.34. The van der Waals surface area contributed by atoms with Crippen molar-refractivity contribution in [3.63, 3.8) is 0 Å². The second kappa shape index (κ2) is 12.4. The summed E-state index contributed by atoms with van der Waals surface area (Å²) in [6, 6.07) is 11.8. The summed E-state index contributed by atoms with van der Waals surface area (Å²) in [5, 5.41) is 0. The Kier molecular flexibility index (Phi) is 10.9. The predicted molar refractivity (Wildman–Crippen MR) is 104 cm³/mol. The Morgan fingerprint density at radius 2 is 1.30 bits per heavy atom. The first-order valence-corrected chi connectivity index (χ1v) is 9.96. The van der Waals surface area contributed by atoms with Crippen molar-refractivity contribution in [3.05, 3.63) is 30.3 Å². The zero-order valence-corrected chi connectivity index (χ0v) is 16.0. The second-order valence-corrected chi connectivity index (χ2v) is 7.00. The van der Waals surface area contributed by atoms with Crippen molar-refractivity contribution in [3.8, 4) is 0 Å². The standard InChI is InChI=1S/C22H38N/c1-5-9-14-20(7-3)18-23(22-16-12-11-13-17-22)19-21(8-4)15-10-6-2/h12-13,16-17,20-21H,5-10,14-15,18-19H2,1-4H3. The van der Waals surface area contributed by atoms with Gasteiger partial charge < -0.3 is 4.90 Å². The Morgan fingerprint density at radius 3 is 1.70 bits per heavy atom. The molecule has 1 nitrogen and oxygen atoms in total. The number of hydrogen-bond acceptors (Lipinski definition) is 1. The zero-order chi connectivity index (χ0) is 16.9. The molecule has 0 saturated heterocycles. The molecule has 131 valence electrons. The van der Waals surface area contributed by atoms with Gasteiger partial charge in [-0.1, -0.05) is 78.4 Å². The van der Waals surface area contributed by atoms with Crippen LogP contribution in [0.2, 0.25) is 0 Å². The minimum Gasteiger partial charge on any atom is -0.371 e. The van der Waals surface area contributed by atoms with Crippen LogP contribution >= 0.6 is 0 Å². The van der Waals surface area contributed by atoms with Crippen molar-refractivity contribution in [1.82, 2.24) is 0 Å². The van der Waals surface area contributed by atoms with E-state index in [1.165, 1.54) is 70.1 Å². The van der Waals surface area contributed by atoms with Crippen LogP contribution in [0, 0.1) is 17.9 Å². The second-order valence-electron chi connectivity index (χ2n) is 7.00. The summed E-state index contributed by atoms with van der Waals surface area (Å²) in [4.78, 5) is 2.65. The molecule has 0 aromatic heterocycles. The van der Waals surface area contributed by atoms with Crippen LogP contribution in [0.5, 0.6) is 0 Å². The maximum atomic E-state index is 3.16. The maximum absolute atomic E-state index is 3.16. The van der Waals surface area contributed by atoms with Crippen LogP contribution in [0.25, 0.3) is 0 Å². The van der Waals surface area contributed by atoms with Gasteiger partial charge in [-0.2, -0.15) is 0 Å². The first-order chi connectivity index (χ1) is 11.2. The van der Waals surface area contributed by atoms with Crippen LogP contribution in [0.15, 0.2) is 24.3 Å². The molecule has 23 heavy (non-hydrogen) atoms. The molecule has 0 spiro atoms. The third-order valence-electron chi connectivity index (χ3n) is 5.11. The van der Waals surface area contributed by atoms with Crippen molar-refractivity contribution in [1.29, 1.82) is 0 Å². The minimum absolute atomic E-state index is 0.822. The van der Waals surface area contributed by atoms with E-state index < -0.39 is 0 Å². The van der Waals surface area contributed by atoms with Crippen LogP contribution < -0.4 is 4.90 Å². The molecule has 0 aliphatic heterocycles. The fourth-order valence-corrected chi connectivity index (χ4v) is 3.33. The smallest absolute Gasteiger partial charge is 0.0366 e. The van der Waals surface area contributed by atoms with Crippen molar-refractivity contribution in [2.45, 2.75) is 79.1 Å².